The Morgan fingerprint density at radius 2 is 1.48 bits per heavy atom. The van der Waals surface area contributed by atoms with Gasteiger partial charge in [0.1, 0.15) is 5.75 Å². The van der Waals surface area contributed by atoms with Crippen molar-refractivity contribution in [1.82, 2.24) is 0 Å². The molecule has 0 saturated heterocycles. The third kappa shape index (κ3) is 11.9. The van der Waals surface area contributed by atoms with E-state index in [1.807, 2.05) is 30.3 Å². The molecule has 1 aromatic rings. The summed E-state index contributed by atoms with van der Waals surface area (Å²) in [5.41, 5.74) is 1.02. The number of rotatable bonds is 14. The van der Waals surface area contributed by atoms with Crippen molar-refractivity contribution < 1.29 is 9.53 Å². The van der Waals surface area contributed by atoms with E-state index in [4.69, 9.17) is 4.74 Å². The summed E-state index contributed by atoms with van der Waals surface area (Å²) in [6.07, 6.45) is 16.9. The fourth-order valence-electron chi connectivity index (χ4n) is 2.69. The molecule has 2 nitrogen and oxygen atoms in total. The predicted octanol–water partition coefficient (Wildman–Crippen LogP) is 6.89. The van der Waals surface area contributed by atoms with Crippen LogP contribution in [-0.4, -0.2) is 18.0 Å². The maximum atomic E-state index is 11.9. The van der Waals surface area contributed by atoms with Crippen LogP contribution in [0.5, 0.6) is 5.75 Å². The van der Waals surface area contributed by atoms with Crippen molar-refractivity contribution in [2.24, 2.45) is 0 Å². The standard InChI is InChI=1S/C22H34O2S/c1-3-4-5-6-7-8-9-10-11-12-19-25-22(23)18-15-20-13-16-21(24-2)17-14-20/h13-18H,3-12,19H2,1-2H3/b18-15+. The lowest BCUT2D eigenvalue weighted by Gasteiger charge is -2.02. The molecule has 0 saturated carbocycles. The van der Waals surface area contributed by atoms with Gasteiger partial charge >= 0.3 is 0 Å². The van der Waals surface area contributed by atoms with Gasteiger partial charge in [0.05, 0.1) is 7.11 Å². The number of unbranched alkanes of at least 4 members (excludes halogenated alkanes) is 9. The summed E-state index contributed by atoms with van der Waals surface area (Å²) in [6.45, 7) is 2.26. The molecule has 0 heterocycles. The van der Waals surface area contributed by atoms with E-state index in [9.17, 15) is 4.79 Å². The van der Waals surface area contributed by atoms with Crippen LogP contribution >= 0.6 is 11.8 Å². The zero-order valence-electron chi connectivity index (χ0n) is 16.0. The fourth-order valence-corrected chi connectivity index (χ4v) is 3.40. The van der Waals surface area contributed by atoms with Crippen molar-refractivity contribution in [3.8, 4) is 5.75 Å². The molecule has 3 heteroatoms. The highest BCUT2D eigenvalue weighted by atomic mass is 32.2. The summed E-state index contributed by atoms with van der Waals surface area (Å²) in [6, 6.07) is 7.72. The molecule has 0 N–H and O–H groups in total. The minimum absolute atomic E-state index is 0.145. The van der Waals surface area contributed by atoms with Crippen molar-refractivity contribution in [1.29, 1.82) is 0 Å². The van der Waals surface area contributed by atoms with Gasteiger partial charge in [-0.3, -0.25) is 4.79 Å². The molecule has 0 aliphatic heterocycles. The lowest BCUT2D eigenvalue weighted by atomic mass is 10.1. The summed E-state index contributed by atoms with van der Waals surface area (Å²) in [4.78, 5) is 11.9. The lowest BCUT2D eigenvalue weighted by molar-refractivity contribution is -0.107. The quantitative estimate of drug-likeness (QED) is 0.266. The number of hydrogen-bond acceptors (Lipinski definition) is 3. The van der Waals surface area contributed by atoms with Crippen molar-refractivity contribution in [3.05, 3.63) is 35.9 Å². The van der Waals surface area contributed by atoms with E-state index in [1.54, 1.807) is 13.2 Å². The third-order valence-electron chi connectivity index (χ3n) is 4.27. The van der Waals surface area contributed by atoms with Crippen LogP contribution in [-0.2, 0) is 4.79 Å². The zero-order valence-corrected chi connectivity index (χ0v) is 16.8. The maximum absolute atomic E-state index is 11.9. The molecule has 0 aliphatic carbocycles. The van der Waals surface area contributed by atoms with Crippen molar-refractivity contribution in [2.45, 2.75) is 71.1 Å². The second-order valence-corrected chi connectivity index (χ2v) is 7.56. The lowest BCUT2D eigenvalue weighted by Crippen LogP contribution is -1.89. The van der Waals surface area contributed by atoms with Gasteiger partial charge in [0.25, 0.3) is 0 Å². The van der Waals surface area contributed by atoms with E-state index < -0.39 is 0 Å². The maximum Gasteiger partial charge on any atom is 0.212 e. The van der Waals surface area contributed by atoms with E-state index in [0.717, 1.165) is 23.5 Å². The number of thioether (sulfide) groups is 1. The van der Waals surface area contributed by atoms with Crippen LogP contribution in [0, 0.1) is 0 Å². The summed E-state index contributed by atoms with van der Waals surface area (Å²) < 4.78 is 5.12. The average molecular weight is 363 g/mol. The molecule has 25 heavy (non-hydrogen) atoms. The normalized spacial score (nSPS) is 11.1. The first-order valence-corrected chi connectivity index (χ1v) is 10.7. The summed E-state index contributed by atoms with van der Waals surface area (Å²) in [7, 11) is 1.65. The highest BCUT2D eigenvalue weighted by Crippen LogP contribution is 2.15. The molecule has 0 bridgehead atoms. The van der Waals surface area contributed by atoms with Crippen molar-refractivity contribution in [3.63, 3.8) is 0 Å². The molecule has 0 radical (unpaired) electrons. The van der Waals surface area contributed by atoms with Crippen LogP contribution in [0.2, 0.25) is 0 Å². The van der Waals surface area contributed by atoms with Crippen molar-refractivity contribution in [2.75, 3.05) is 12.9 Å². The Hall–Kier alpha value is -1.22. The van der Waals surface area contributed by atoms with Crippen LogP contribution in [0.15, 0.2) is 30.3 Å². The Morgan fingerprint density at radius 3 is 2.04 bits per heavy atom. The second kappa shape index (κ2) is 15.1. The predicted molar refractivity (Wildman–Crippen MR) is 111 cm³/mol. The Morgan fingerprint density at radius 1 is 0.920 bits per heavy atom. The molecule has 0 fully saturated rings. The van der Waals surface area contributed by atoms with Gasteiger partial charge in [-0.05, 0) is 30.2 Å². The van der Waals surface area contributed by atoms with Crippen LogP contribution in [0.25, 0.3) is 6.08 Å². The molecule has 0 aromatic heterocycles. The summed E-state index contributed by atoms with van der Waals surface area (Å²) >= 11 is 1.43. The summed E-state index contributed by atoms with van der Waals surface area (Å²) in [5, 5.41) is 0.145. The van der Waals surface area contributed by atoms with E-state index in [-0.39, 0.29) is 5.12 Å². The number of hydrogen-bond donors (Lipinski definition) is 0. The Labute approximate surface area is 158 Å². The highest BCUT2D eigenvalue weighted by molar-refractivity contribution is 8.14. The largest absolute Gasteiger partial charge is 0.497 e. The Bertz CT molecular complexity index is 479. The van der Waals surface area contributed by atoms with Crippen LogP contribution in [0.3, 0.4) is 0 Å². The average Bonchev–Trinajstić information content (AvgIpc) is 2.65. The number of benzene rings is 1. The van der Waals surface area contributed by atoms with Crippen LogP contribution < -0.4 is 4.74 Å². The van der Waals surface area contributed by atoms with Crippen LogP contribution in [0.4, 0.5) is 0 Å². The number of methoxy groups -OCH3 is 1. The van der Waals surface area contributed by atoms with Gasteiger partial charge in [-0.15, -0.1) is 0 Å². The van der Waals surface area contributed by atoms with Gasteiger partial charge in [-0.2, -0.15) is 0 Å². The molecule has 140 valence electrons. The molecule has 0 spiro atoms. The molecule has 1 rings (SSSR count). The molecule has 0 amide bonds. The topological polar surface area (TPSA) is 26.3 Å². The van der Waals surface area contributed by atoms with E-state index in [0.29, 0.717) is 0 Å². The first kappa shape index (κ1) is 21.8. The molecular weight excluding hydrogens is 328 g/mol. The minimum Gasteiger partial charge on any atom is -0.497 e. The molecule has 1 aromatic carbocycles. The van der Waals surface area contributed by atoms with E-state index in [2.05, 4.69) is 6.92 Å². The molecule has 0 atom stereocenters. The number of carbonyl (C=O) groups is 1. The van der Waals surface area contributed by atoms with E-state index in [1.165, 1.54) is 69.5 Å². The first-order chi connectivity index (χ1) is 12.3. The third-order valence-corrected chi connectivity index (χ3v) is 5.18. The van der Waals surface area contributed by atoms with Gasteiger partial charge < -0.3 is 4.74 Å². The SMILES string of the molecule is CCCCCCCCCCCCSC(=O)/C=C/c1ccc(OC)cc1. The van der Waals surface area contributed by atoms with Crippen molar-refractivity contribution >= 4 is 23.0 Å². The minimum atomic E-state index is 0.145. The van der Waals surface area contributed by atoms with Gasteiger partial charge in [-0.25, -0.2) is 0 Å². The zero-order chi connectivity index (χ0) is 18.2. The van der Waals surface area contributed by atoms with Gasteiger partial charge in [0.2, 0.25) is 5.12 Å². The molecule has 0 aliphatic rings. The van der Waals surface area contributed by atoms with Crippen LogP contribution in [0.1, 0.15) is 76.7 Å². The molecule has 0 unspecified atom stereocenters. The Kier molecular flexibility index (Phi) is 13.2. The first-order valence-electron chi connectivity index (χ1n) is 9.75. The van der Waals surface area contributed by atoms with Gasteiger partial charge in [0.15, 0.2) is 0 Å². The van der Waals surface area contributed by atoms with E-state index >= 15 is 0 Å². The number of ether oxygens (including phenoxy) is 1. The van der Waals surface area contributed by atoms with Gasteiger partial charge in [0, 0.05) is 5.75 Å². The number of carbonyl (C=O) groups excluding carboxylic acids is 1. The second-order valence-electron chi connectivity index (χ2n) is 6.46. The Balaban J connectivity index is 1.98. The summed E-state index contributed by atoms with van der Waals surface area (Å²) in [5.74, 6) is 1.77. The molecular formula is C22H34O2S. The fraction of sp³-hybridized carbons (Fsp3) is 0.591. The smallest absolute Gasteiger partial charge is 0.212 e. The monoisotopic (exact) mass is 362 g/mol. The highest BCUT2D eigenvalue weighted by Gasteiger charge is 1.99. The van der Waals surface area contributed by atoms with Gasteiger partial charge in [-0.1, -0.05) is 94.7 Å².